The maximum Gasteiger partial charge on any atom is 0.324 e. The first-order valence-electron chi connectivity index (χ1n) is 9.01. The Bertz CT molecular complexity index is 910. The van der Waals surface area contributed by atoms with E-state index in [0.717, 1.165) is 16.0 Å². The number of aryl methyl sites for hydroxylation is 1. The molecule has 1 unspecified atom stereocenters. The van der Waals surface area contributed by atoms with Crippen LogP contribution in [-0.4, -0.2) is 36.4 Å². The Hall–Kier alpha value is -3.35. The summed E-state index contributed by atoms with van der Waals surface area (Å²) in [4.78, 5) is 37.3. The lowest BCUT2D eigenvalue weighted by Gasteiger charge is -2.18. The van der Waals surface area contributed by atoms with Gasteiger partial charge in [-0.15, -0.1) is 0 Å². The standard InChI is InChI=1S/C21H23N3O4/c1-13-7-8-18(28-3)17(9-13)14(2)23-20(26)16-6-4-5-15(10-16)12-24-19(25)11-22-21(24)27/h4-10,14H,11-12H2,1-3H3,(H,22,27)(H,23,26). The van der Waals surface area contributed by atoms with Crippen molar-refractivity contribution in [1.29, 1.82) is 0 Å². The van der Waals surface area contributed by atoms with Gasteiger partial charge in [0, 0.05) is 11.1 Å². The third kappa shape index (κ3) is 4.14. The molecule has 28 heavy (non-hydrogen) atoms. The molecule has 2 aromatic carbocycles. The van der Waals surface area contributed by atoms with Crippen LogP contribution in [0.15, 0.2) is 42.5 Å². The Morgan fingerprint density at radius 3 is 2.71 bits per heavy atom. The number of nitrogens with zero attached hydrogens (tertiary/aromatic N) is 1. The van der Waals surface area contributed by atoms with Crippen LogP contribution in [0.3, 0.4) is 0 Å². The van der Waals surface area contributed by atoms with E-state index in [1.165, 1.54) is 0 Å². The van der Waals surface area contributed by atoms with Gasteiger partial charge < -0.3 is 15.4 Å². The van der Waals surface area contributed by atoms with Crippen molar-refractivity contribution in [2.24, 2.45) is 0 Å². The van der Waals surface area contributed by atoms with E-state index in [-0.39, 0.29) is 30.9 Å². The van der Waals surface area contributed by atoms with E-state index < -0.39 is 6.03 Å². The number of rotatable bonds is 6. The van der Waals surface area contributed by atoms with Crippen LogP contribution in [0, 0.1) is 6.92 Å². The fourth-order valence-electron chi connectivity index (χ4n) is 3.16. The molecule has 2 N–H and O–H groups in total. The topological polar surface area (TPSA) is 87.7 Å². The zero-order chi connectivity index (χ0) is 20.3. The van der Waals surface area contributed by atoms with Crippen LogP contribution in [0.1, 0.15) is 40.0 Å². The largest absolute Gasteiger partial charge is 0.496 e. The monoisotopic (exact) mass is 381 g/mol. The lowest BCUT2D eigenvalue weighted by molar-refractivity contribution is -0.125. The number of imide groups is 1. The van der Waals surface area contributed by atoms with Gasteiger partial charge in [-0.25, -0.2) is 4.79 Å². The quantitative estimate of drug-likeness (QED) is 0.753. The van der Waals surface area contributed by atoms with Gasteiger partial charge in [-0.2, -0.15) is 0 Å². The molecule has 146 valence electrons. The first kappa shape index (κ1) is 19.4. The number of carbonyl (C=O) groups excluding carboxylic acids is 3. The average molecular weight is 381 g/mol. The molecular formula is C21H23N3O4. The van der Waals surface area contributed by atoms with Crippen molar-refractivity contribution in [2.45, 2.75) is 26.4 Å². The molecule has 2 aromatic rings. The van der Waals surface area contributed by atoms with Gasteiger partial charge in [0.1, 0.15) is 5.75 Å². The predicted molar refractivity (Wildman–Crippen MR) is 104 cm³/mol. The number of carbonyl (C=O) groups is 3. The number of hydrogen-bond acceptors (Lipinski definition) is 4. The first-order valence-corrected chi connectivity index (χ1v) is 9.01. The van der Waals surface area contributed by atoms with Crippen molar-refractivity contribution in [1.82, 2.24) is 15.5 Å². The number of benzene rings is 2. The summed E-state index contributed by atoms with van der Waals surface area (Å²) < 4.78 is 5.40. The molecule has 0 bridgehead atoms. The van der Waals surface area contributed by atoms with Crippen LogP contribution in [0.4, 0.5) is 4.79 Å². The second kappa shape index (κ2) is 8.12. The number of ether oxygens (including phenoxy) is 1. The SMILES string of the molecule is COc1ccc(C)cc1C(C)NC(=O)c1cccc(CN2C(=O)CNC2=O)c1. The Kier molecular flexibility index (Phi) is 5.63. The highest BCUT2D eigenvalue weighted by molar-refractivity contribution is 6.02. The highest BCUT2D eigenvalue weighted by Crippen LogP contribution is 2.26. The molecule has 1 heterocycles. The molecule has 0 saturated carbocycles. The van der Waals surface area contributed by atoms with E-state index in [9.17, 15) is 14.4 Å². The predicted octanol–water partition coefficient (Wildman–Crippen LogP) is 2.55. The molecule has 0 aromatic heterocycles. The minimum Gasteiger partial charge on any atom is -0.496 e. The third-order valence-electron chi connectivity index (χ3n) is 4.67. The van der Waals surface area contributed by atoms with Crippen molar-refractivity contribution in [3.63, 3.8) is 0 Å². The fraction of sp³-hybridized carbons (Fsp3) is 0.286. The highest BCUT2D eigenvalue weighted by atomic mass is 16.5. The lowest BCUT2D eigenvalue weighted by atomic mass is 10.0. The minimum atomic E-state index is -0.417. The Morgan fingerprint density at radius 2 is 2.04 bits per heavy atom. The zero-order valence-electron chi connectivity index (χ0n) is 16.1. The number of hydrogen-bond donors (Lipinski definition) is 2. The van der Waals surface area contributed by atoms with Crippen molar-refractivity contribution in [2.75, 3.05) is 13.7 Å². The molecule has 1 fully saturated rings. The molecular weight excluding hydrogens is 358 g/mol. The van der Waals surface area contributed by atoms with Crippen molar-refractivity contribution in [3.05, 3.63) is 64.7 Å². The summed E-state index contributed by atoms with van der Waals surface area (Å²) in [6, 6.07) is 12.1. The Morgan fingerprint density at radius 1 is 1.25 bits per heavy atom. The van der Waals surface area contributed by atoms with Gasteiger partial charge in [-0.1, -0.05) is 29.8 Å². The van der Waals surface area contributed by atoms with E-state index in [1.54, 1.807) is 31.4 Å². The van der Waals surface area contributed by atoms with Crippen LogP contribution in [0.25, 0.3) is 0 Å². The van der Waals surface area contributed by atoms with Crippen molar-refractivity contribution >= 4 is 17.8 Å². The zero-order valence-corrected chi connectivity index (χ0v) is 16.1. The maximum absolute atomic E-state index is 12.7. The van der Waals surface area contributed by atoms with Crippen LogP contribution in [0.2, 0.25) is 0 Å². The molecule has 4 amide bonds. The summed E-state index contributed by atoms with van der Waals surface area (Å²) in [5.74, 6) is 0.195. The average Bonchev–Trinajstić information content (AvgIpc) is 3.00. The summed E-state index contributed by atoms with van der Waals surface area (Å²) in [6.07, 6.45) is 0. The Balaban J connectivity index is 1.73. The maximum atomic E-state index is 12.7. The first-order chi connectivity index (χ1) is 13.4. The highest BCUT2D eigenvalue weighted by Gasteiger charge is 2.28. The van der Waals surface area contributed by atoms with Gasteiger partial charge in [0.15, 0.2) is 0 Å². The van der Waals surface area contributed by atoms with Crippen molar-refractivity contribution < 1.29 is 19.1 Å². The molecule has 1 aliphatic heterocycles. The minimum absolute atomic E-state index is 0.00878. The summed E-state index contributed by atoms with van der Waals surface area (Å²) in [7, 11) is 1.60. The summed E-state index contributed by atoms with van der Waals surface area (Å²) in [5, 5.41) is 5.46. The molecule has 7 heteroatoms. The fourth-order valence-corrected chi connectivity index (χ4v) is 3.16. The van der Waals surface area contributed by atoms with Gasteiger partial charge in [0.05, 0.1) is 26.2 Å². The molecule has 0 aliphatic carbocycles. The van der Waals surface area contributed by atoms with Crippen LogP contribution >= 0.6 is 0 Å². The lowest BCUT2D eigenvalue weighted by Crippen LogP contribution is -2.30. The number of methoxy groups -OCH3 is 1. The summed E-state index contributed by atoms with van der Waals surface area (Å²) in [5.41, 5.74) is 3.14. The van der Waals surface area contributed by atoms with Gasteiger partial charge in [-0.05, 0) is 37.6 Å². The third-order valence-corrected chi connectivity index (χ3v) is 4.67. The second-order valence-electron chi connectivity index (χ2n) is 6.78. The molecule has 0 radical (unpaired) electrons. The summed E-state index contributed by atoms with van der Waals surface area (Å²) in [6.45, 7) is 4.02. The molecule has 7 nitrogen and oxygen atoms in total. The number of urea groups is 1. The molecule has 1 atom stereocenters. The molecule has 3 rings (SSSR count). The number of amides is 4. The van der Waals surface area contributed by atoms with E-state index >= 15 is 0 Å². The van der Waals surface area contributed by atoms with Gasteiger partial charge in [0.25, 0.3) is 5.91 Å². The van der Waals surface area contributed by atoms with Crippen LogP contribution in [0.5, 0.6) is 5.75 Å². The normalized spacial score (nSPS) is 14.6. The van der Waals surface area contributed by atoms with Gasteiger partial charge in [-0.3, -0.25) is 14.5 Å². The number of nitrogens with one attached hydrogen (secondary N) is 2. The second-order valence-corrected chi connectivity index (χ2v) is 6.78. The van der Waals surface area contributed by atoms with E-state index in [1.807, 2.05) is 32.0 Å². The molecule has 1 saturated heterocycles. The van der Waals surface area contributed by atoms with E-state index in [2.05, 4.69) is 10.6 Å². The molecule has 0 spiro atoms. The van der Waals surface area contributed by atoms with Gasteiger partial charge >= 0.3 is 6.03 Å². The van der Waals surface area contributed by atoms with E-state index in [0.29, 0.717) is 16.9 Å². The van der Waals surface area contributed by atoms with Crippen molar-refractivity contribution in [3.8, 4) is 5.75 Å². The summed E-state index contributed by atoms with van der Waals surface area (Å²) >= 11 is 0. The smallest absolute Gasteiger partial charge is 0.324 e. The van der Waals surface area contributed by atoms with E-state index in [4.69, 9.17) is 4.74 Å². The van der Waals surface area contributed by atoms with Crippen LogP contribution < -0.4 is 15.4 Å². The van der Waals surface area contributed by atoms with Gasteiger partial charge in [0.2, 0.25) is 5.91 Å². The molecule has 1 aliphatic rings. The Labute approximate surface area is 163 Å². The van der Waals surface area contributed by atoms with Crippen LogP contribution in [-0.2, 0) is 11.3 Å².